The maximum absolute atomic E-state index is 15.3. The number of carbonyl (C=O) groups is 1. The number of nitrogens with one attached hydrogen (secondary N) is 2. The third-order valence-corrected chi connectivity index (χ3v) is 14.8. The largest absolute Gasteiger partial charge is 0.348 e. The number of amides is 1. The number of rotatable bonds is 7. The van der Waals surface area contributed by atoms with Crippen molar-refractivity contribution in [2.45, 2.75) is 131 Å². The van der Waals surface area contributed by atoms with Crippen LogP contribution >= 0.6 is 11.8 Å². The second kappa shape index (κ2) is 15.3. The molecule has 3 saturated heterocycles. The van der Waals surface area contributed by atoms with Crippen LogP contribution in [-0.2, 0) is 21.7 Å². The summed E-state index contributed by atoms with van der Waals surface area (Å²) in [5.41, 5.74) is 1.73. The van der Waals surface area contributed by atoms with Gasteiger partial charge in [-0.2, -0.15) is 5.26 Å². The lowest BCUT2D eigenvalue weighted by molar-refractivity contribution is -0.181. The van der Waals surface area contributed by atoms with Gasteiger partial charge in [-0.25, -0.2) is 4.39 Å². The zero-order valence-corrected chi connectivity index (χ0v) is 30.3. The lowest BCUT2D eigenvalue weighted by atomic mass is 9.63. The Labute approximate surface area is 297 Å². The number of carbonyl (C=O) groups excluding carboxylic acids is 1. The molecule has 6 unspecified atom stereocenters. The Morgan fingerprint density at radius 2 is 1.94 bits per heavy atom. The first-order valence-electron chi connectivity index (χ1n) is 19.2. The summed E-state index contributed by atoms with van der Waals surface area (Å²) in [6, 6.07) is 8.43. The Morgan fingerprint density at radius 3 is 2.69 bits per heavy atom. The number of piperazine rings is 1. The van der Waals surface area contributed by atoms with E-state index in [-0.39, 0.29) is 40.6 Å². The molecule has 7 rings (SSSR count). The van der Waals surface area contributed by atoms with Crippen LogP contribution < -0.4 is 10.6 Å². The van der Waals surface area contributed by atoms with Gasteiger partial charge in [0.05, 0.1) is 30.8 Å². The summed E-state index contributed by atoms with van der Waals surface area (Å²) in [6.45, 7) is 7.57. The minimum atomic E-state index is -0.333. The van der Waals surface area contributed by atoms with E-state index < -0.39 is 0 Å². The molecule has 2 N–H and O–H groups in total. The molecule has 1 aromatic rings. The van der Waals surface area contributed by atoms with Gasteiger partial charge in [0.25, 0.3) is 0 Å². The van der Waals surface area contributed by atoms with E-state index in [2.05, 4.69) is 46.2 Å². The van der Waals surface area contributed by atoms with Crippen molar-refractivity contribution in [3.63, 3.8) is 0 Å². The molecule has 1 aromatic carbocycles. The molecule has 1 spiro atoms. The molecule has 4 aliphatic heterocycles. The van der Waals surface area contributed by atoms with Crippen molar-refractivity contribution in [2.75, 3.05) is 39.8 Å². The average Bonchev–Trinajstić information content (AvgIpc) is 3.51. The Kier molecular flexibility index (Phi) is 11.1. The Hall–Kier alpha value is -2.00. The fourth-order valence-electron chi connectivity index (χ4n) is 10.6. The molecule has 2 saturated carbocycles. The molecular weight excluding hydrogens is 636 g/mol. The smallest absolute Gasteiger partial charge is 0.246 e. The predicted octanol–water partition coefficient (Wildman–Crippen LogP) is 5.78. The van der Waals surface area contributed by atoms with Gasteiger partial charge in [-0.3, -0.25) is 20.3 Å². The van der Waals surface area contributed by atoms with E-state index in [1.165, 1.54) is 57.4 Å². The van der Waals surface area contributed by atoms with Crippen molar-refractivity contribution in [2.24, 2.45) is 11.8 Å². The summed E-state index contributed by atoms with van der Waals surface area (Å²) in [5, 5.41) is 18.2. The normalized spacial score (nSPS) is 36.3. The van der Waals surface area contributed by atoms with Crippen molar-refractivity contribution >= 4 is 17.7 Å². The number of hydrogen-bond acceptors (Lipinski definition) is 8. The van der Waals surface area contributed by atoms with Gasteiger partial charge in [-0.05, 0) is 94.1 Å². The Bertz CT molecular complexity index is 1380. The number of halogens is 1. The van der Waals surface area contributed by atoms with E-state index in [4.69, 9.17) is 4.74 Å². The van der Waals surface area contributed by atoms with Gasteiger partial charge >= 0.3 is 0 Å². The third kappa shape index (κ3) is 7.10. The van der Waals surface area contributed by atoms with Crippen LogP contribution in [0.4, 0.5) is 4.39 Å². The van der Waals surface area contributed by atoms with Crippen molar-refractivity contribution in [3.8, 4) is 6.07 Å². The number of thioether (sulfide) groups is 1. The van der Waals surface area contributed by atoms with Crippen molar-refractivity contribution in [3.05, 3.63) is 47.8 Å². The summed E-state index contributed by atoms with van der Waals surface area (Å²) in [4.78, 5) is 20.0. The third-order valence-electron chi connectivity index (χ3n) is 13.2. The van der Waals surface area contributed by atoms with Crippen LogP contribution in [-0.4, -0.2) is 95.3 Å². The first kappa shape index (κ1) is 35.4. The molecule has 49 heavy (non-hydrogen) atoms. The number of likely N-dealkylation sites (N-methyl/N-ethyl adjacent to an activating group) is 1. The van der Waals surface area contributed by atoms with Gasteiger partial charge < -0.3 is 14.5 Å². The predicted molar refractivity (Wildman–Crippen MR) is 193 cm³/mol. The van der Waals surface area contributed by atoms with E-state index in [1.54, 1.807) is 6.07 Å². The molecule has 0 radical (unpaired) electrons. The van der Waals surface area contributed by atoms with E-state index >= 15 is 4.39 Å². The van der Waals surface area contributed by atoms with Crippen LogP contribution in [0.15, 0.2) is 30.9 Å². The molecule has 8 nitrogen and oxygen atoms in total. The van der Waals surface area contributed by atoms with E-state index in [0.29, 0.717) is 44.0 Å². The monoisotopic (exact) mass is 692 g/mol. The van der Waals surface area contributed by atoms with E-state index in [0.717, 1.165) is 62.1 Å². The average molecular weight is 693 g/mol. The Morgan fingerprint density at radius 1 is 1.12 bits per heavy atom. The van der Waals surface area contributed by atoms with Crippen LogP contribution in [0.3, 0.4) is 0 Å². The Balaban J connectivity index is 1.25. The van der Waals surface area contributed by atoms with Gasteiger partial charge in [0.1, 0.15) is 5.82 Å². The molecular formula is C39H57FN6O2S. The quantitative estimate of drug-likeness (QED) is 0.349. The fourth-order valence-corrected chi connectivity index (χ4v) is 12.2. The van der Waals surface area contributed by atoms with Crippen LogP contribution in [0.25, 0.3) is 0 Å². The number of hydrogen-bond donors (Lipinski definition) is 2. The van der Waals surface area contributed by atoms with Gasteiger partial charge in [-0.15, -0.1) is 11.8 Å². The lowest BCUT2D eigenvalue weighted by Crippen LogP contribution is -2.81. The fraction of sp³-hybridized carbons (Fsp3) is 0.744. The molecule has 1 amide bonds. The topological polar surface area (TPSA) is 83.9 Å². The van der Waals surface area contributed by atoms with Crippen molar-refractivity contribution in [1.29, 1.82) is 5.26 Å². The summed E-state index contributed by atoms with van der Waals surface area (Å²) in [5.74, 6) is 1.47. The number of ether oxygens (including phenoxy) is 1. The van der Waals surface area contributed by atoms with Crippen molar-refractivity contribution < 1.29 is 13.9 Å². The highest BCUT2D eigenvalue weighted by Gasteiger charge is 2.60. The SMILES string of the molecule is C=CC(=O)N1CCN(C2(C3CCCCCCC3)NC(OCC3CCCN3C)NC3C[C@]4(CCC32)Cc2c(F)cccc2CS4)CC1CC#N. The minimum Gasteiger partial charge on any atom is -0.348 e. The highest BCUT2D eigenvalue weighted by atomic mass is 32.2. The van der Waals surface area contributed by atoms with Crippen LogP contribution in [0.1, 0.15) is 94.6 Å². The number of likely N-dealkylation sites (tertiary alicyclic amines) is 1. The molecule has 4 heterocycles. The highest BCUT2D eigenvalue weighted by molar-refractivity contribution is 8.00. The summed E-state index contributed by atoms with van der Waals surface area (Å²) >= 11 is 2.04. The molecule has 6 aliphatic rings. The summed E-state index contributed by atoms with van der Waals surface area (Å²) in [7, 11) is 2.21. The van der Waals surface area contributed by atoms with Gasteiger partial charge in [-0.1, -0.05) is 50.8 Å². The first-order valence-corrected chi connectivity index (χ1v) is 20.2. The number of nitrogens with zero attached hydrogens (tertiary/aromatic N) is 4. The second-order valence-electron chi connectivity index (χ2n) is 15.8. The lowest BCUT2D eigenvalue weighted by Gasteiger charge is -2.64. The zero-order chi connectivity index (χ0) is 34.0. The second-order valence-corrected chi connectivity index (χ2v) is 17.3. The molecule has 7 atom stereocenters. The molecule has 268 valence electrons. The van der Waals surface area contributed by atoms with E-state index in [9.17, 15) is 10.1 Å². The maximum Gasteiger partial charge on any atom is 0.246 e. The standard InChI is InChI=1S/C39H57FN6O2S/c1-3-36(47)46-22-21-45(25-30(46)17-19-41)39(29-12-7-5-4-6-8-13-29)33-16-18-38(23-32-28(27-49-38)11-9-15-34(32)40)24-35(33)42-37(43-39)48-26-31-14-10-20-44(31)2/h3,9,11,15,29-31,33,35,37,42-43H,1,4-8,10,12-14,16-18,20-27H2,2H3/t30?,31?,33?,35?,37?,38-,39?/m0/s1. The number of nitriles is 1. The van der Waals surface area contributed by atoms with Gasteiger partial charge in [0.2, 0.25) is 5.91 Å². The number of benzene rings is 1. The highest BCUT2D eigenvalue weighted by Crippen LogP contribution is 2.54. The zero-order valence-electron chi connectivity index (χ0n) is 29.5. The molecule has 0 aromatic heterocycles. The first-order chi connectivity index (χ1) is 23.9. The summed E-state index contributed by atoms with van der Waals surface area (Å²) < 4.78 is 22.1. The number of fused-ring (bicyclic) bond motifs is 2. The summed E-state index contributed by atoms with van der Waals surface area (Å²) in [6.07, 6.45) is 16.3. The van der Waals surface area contributed by atoms with Crippen LogP contribution in [0, 0.1) is 29.0 Å². The van der Waals surface area contributed by atoms with Gasteiger partial charge in [0.15, 0.2) is 6.35 Å². The molecule has 0 bridgehead atoms. The van der Waals surface area contributed by atoms with E-state index in [1.807, 2.05) is 22.7 Å². The van der Waals surface area contributed by atoms with Crippen LogP contribution in [0.2, 0.25) is 0 Å². The molecule has 2 aliphatic carbocycles. The van der Waals surface area contributed by atoms with Crippen molar-refractivity contribution in [1.82, 2.24) is 25.3 Å². The molecule has 10 heteroatoms. The molecule has 5 fully saturated rings. The maximum atomic E-state index is 15.3. The van der Waals surface area contributed by atoms with Crippen LogP contribution in [0.5, 0.6) is 0 Å². The minimum absolute atomic E-state index is 0.0119. The van der Waals surface area contributed by atoms with Gasteiger partial charge in [0, 0.05) is 48.1 Å².